The number of hydrogen-bond donors (Lipinski definition) is 2. The molecule has 1 aromatic heterocycles. The molecule has 0 bridgehead atoms. The predicted octanol–water partition coefficient (Wildman–Crippen LogP) is 5.69. The van der Waals surface area contributed by atoms with E-state index in [2.05, 4.69) is 32.2 Å². The molecule has 0 unspecified atom stereocenters. The fourth-order valence-electron chi connectivity index (χ4n) is 6.83. The maximum Gasteiger partial charge on any atom is 0.306 e. The smallest absolute Gasteiger partial charge is 0.306 e. The predicted molar refractivity (Wildman–Crippen MR) is 179 cm³/mol. The molecule has 2 fully saturated rings. The van der Waals surface area contributed by atoms with E-state index in [0.717, 1.165) is 28.4 Å². The minimum absolute atomic E-state index is 0.288. The number of imidazole rings is 1. The van der Waals surface area contributed by atoms with Crippen LogP contribution in [0.2, 0.25) is 0 Å². The van der Waals surface area contributed by atoms with Gasteiger partial charge in [-0.3, -0.25) is 19.8 Å². The number of carboxylic acids is 1. The van der Waals surface area contributed by atoms with Crippen molar-refractivity contribution >= 4 is 23.5 Å². The fraction of sp³-hybridized carbons (Fsp3) is 0.378. The summed E-state index contributed by atoms with van der Waals surface area (Å²) in [7, 11) is 0. The highest BCUT2D eigenvalue weighted by Crippen LogP contribution is 2.35. The van der Waals surface area contributed by atoms with Gasteiger partial charge in [-0.2, -0.15) is 0 Å². The molecular formula is C37H41F2N5O4. The van der Waals surface area contributed by atoms with Crippen molar-refractivity contribution in [1.82, 2.24) is 14.5 Å². The molecule has 3 heterocycles. The van der Waals surface area contributed by atoms with Crippen molar-refractivity contribution < 1.29 is 28.2 Å². The van der Waals surface area contributed by atoms with Crippen LogP contribution < -0.4 is 10.2 Å². The molecule has 2 N–H and O–H groups in total. The van der Waals surface area contributed by atoms with Crippen LogP contribution in [0.3, 0.4) is 0 Å². The first-order valence-corrected chi connectivity index (χ1v) is 16.4. The van der Waals surface area contributed by atoms with Crippen molar-refractivity contribution in [2.45, 2.75) is 38.8 Å². The zero-order valence-electron chi connectivity index (χ0n) is 27.0. The highest BCUT2D eigenvalue weighted by Gasteiger charge is 2.40. The van der Waals surface area contributed by atoms with Crippen molar-refractivity contribution in [2.75, 3.05) is 49.5 Å². The van der Waals surface area contributed by atoms with Crippen LogP contribution in [-0.2, 0) is 27.5 Å². The molecule has 0 radical (unpaired) electrons. The van der Waals surface area contributed by atoms with Crippen molar-refractivity contribution in [3.63, 3.8) is 0 Å². The van der Waals surface area contributed by atoms with Gasteiger partial charge in [-0.1, -0.05) is 48.5 Å². The maximum atomic E-state index is 15.1. The summed E-state index contributed by atoms with van der Waals surface area (Å²) in [4.78, 5) is 34.2. The molecule has 9 nitrogen and oxygen atoms in total. The molecule has 1 amide bonds. The summed E-state index contributed by atoms with van der Waals surface area (Å²) in [6.45, 7) is 6.06. The lowest BCUT2D eigenvalue weighted by molar-refractivity contribution is -0.142. The van der Waals surface area contributed by atoms with Crippen LogP contribution in [0.1, 0.15) is 41.0 Å². The summed E-state index contributed by atoms with van der Waals surface area (Å²) >= 11 is 0. The Bertz CT molecular complexity index is 1720. The van der Waals surface area contributed by atoms with Gasteiger partial charge in [-0.25, -0.2) is 13.8 Å². The molecule has 0 aliphatic carbocycles. The number of halogens is 2. The van der Waals surface area contributed by atoms with E-state index < -0.39 is 29.4 Å². The van der Waals surface area contributed by atoms with Gasteiger partial charge in [-0.05, 0) is 54.2 Å². The van der Waals surface area contributed by atoms with Crippen molar-refractivity contribution in [3.8, 4) is 0 Å². The Morgan fingerprint density at radius 1 is 1.02 bits per heavy atom. The number of aliphatic carboxylic acids is 1. The van der Waals surface area contributed by atoms with Crippen LogP contribution in [0.4, 0.5) is 20.4 Å². The molecule has 0 spiro atoms. The second-order valence-corrected chi connectivity index (χ2v) is 12.8. The number of carboxylic acid groups (broad SMARTS) is 1. The monoisotopic (exact) mass is 657 g/mol. The van der Waals surface area contributed by atoms with E-state index in [9.17, 15) is 19.1 Å². The topological polar surface area (TPSA) is 99.9 Å². The molecule has 11 heteroatoms. The number of nitrogens with one attached hydrogen (secondary N) is 1. The Hall–Kier alpha value is -4.61. The summed E-state index contributed by atoms with van der Waals surface area (Å²) in [5.74, 6) is -3.40. The van der Waals surface area contributed by atoms with Gasteiger partial charge < -0.3 is 19.3 Å². The van der Waals surface area contributed by atoms with Gasteiger partial charge in [0.2, 0.25) is 11.9 Å². The van der Waals surface area contributed by atoms with E-state index >= 15 is 4.39 Å². The van der Waals surface area contributed by atoms with E-state index in [0.29, 0.717) is 76.8 Å². The Labute approximate surface area is 279 Å². The Kier molecular flexibility index (Phi) is 10.5. The van der Waals surface area contributed by atoms with Crippen molar-refractivity contribution in [3.05, 3.63) is 113 Å². The van der Waals surface area contributed by atoms with Crippen molar-refractivity contribution in [2.24, 2.45) is 11.8 Å². The van der Waals surface area contributed by atoms with Gasteiger partial charge in [0, 0.05) is 62.8 Å². The molecule has 2 atom stereocenters. The van der Waals surface area contributed by atoms with E-state index in [1.807, 2.05) is 47.9 Å². The van der Waals surface area contributed by atoms with Crippen LogP contribution in [0.5, 0.6) is 0 Å². The first kappa shape index (κ1) is 33.3. The largest absolute Gasteiger partial charge is 0.481 e. The molecule has 4 aromatic rings. The molecule has 6 rings (SSSR count). The number of aryl methyl sites for hydroxylation is 1. The summed E-state index contributed by atoms with van der Waals surface area (Å²) in [6, 6.07) is 19.6. The third-order valence-electron chi connectivity index (χ3n) is 9.47. The highest BCUT2D eigenvalue weighted by atomic mass is 19.1. The Morgan fingerprint density at radius 3 is 2.56 bits per heavy atom. The normalized spacial score (nSPS) is 18.7. The molecule has 2 aliphatic rings. The standard InChI is InChI=1S/C37H41F2N5O4/c1-25-7-8-28(34(19-25)43-14-11-27(12-15-43)36(46)47)21-44-16-13-40-37(44)41-35(45)32-23-42(17-18-48-24-26-5-3-2-4-6-26)22-31(32)30-10-9-29(38)20-33(30)39/h2-10,13,16,19-20,27,31-32H,11-12,14-15,17-18,21-24H2,1H3,(H,46,47)(H,40,41,45)/t31-,32+/m0/s1. The minimum atomic E-state index is -0.746. The summed E-state index contributed by atoms with van der Waals surface area (Å²) in [5.41, 5.74) is 4.54. The molecule has 48 heavy (non-hydrogen) atoms. The van der Waals surface area contributed by atoms with E-state index in [-0.39, 0.29) is 11.8 Å². The highest BCUT2D eigenvalue weighted by molar-refractivity contribution is 5.92. The second kappa shape index (κ2) is 15.1. The van der Waals surface area contributed by atoms with Gasteiger partial charge in [0.25, 0.3) is 0 Å². The molecule has 0 saturated carbocycles. The molecule has 3 aromatic carbocycles. The zero-order valence-corrected chi connectivity index (χ0v) is 27.0. The lowest BCUT2D eigenvalue weighted by Crippen LogP contribution is -2.37. The van der Waals surface area contributed by atoms with Crippen LogP contribution >= 0.6 is 0 Å². The van der Waals surface area contributed by atoms with Crippen LogP contribution in [0, 0.1) is 30.4 Å². The van der Waals surface area contributed by atoms with Gasteiger partial charge in [-0.15, -0.1) is 0 Å². The number of carbonyl (C=O) groups excluding carboxylic acids is 1. The average Bonchev–Trinajstić information content (AvgIpc) is 3.71. The first-order chi connectivity index (χ1) is 23.2. The number of amides is 1. The molecule has 2 saturated heterocycles. The second-order valence-electron chi connectivity index (χ2n) is 12.8. The number of likely N-dealkylation sites (tertiary alicyclic amines) is 1. The maximum absolute atomic E-state index is 15.1. The number of rotatable bonds is 12. The number of ether oxygens (including phenoxy) is 1. The number of aromatic nitrogens is 2. The lowest BCUT2D eigenvalue weighted by Gasteiger charge is -2.33. The van der Waals surface area contributed by atoms with Crippen LogP contribution in [0.25, 0.3) is 0 Å². The van der Waals surface area contributed by atoms with Crippen LogP contribution in [-0.4, -0.2) is 70.8 Å². The van der Waals surface area contributed by atoms with Gasteiger partial charge in [0.15, 0.2) is 0 Å². The zero-order chi connectivity index (χ0) is 33.6. The minimum Gasteiger partial charge on any atom is -0.481 e. The molecule has 252 valence electrons. The number of carbonyl (C=O) groups is 2. The van der Waals surface area contributed by atoms with Crippen molar-refractivity contribution in [1.29, 1.82) is 0 Å². The summed E-state index contributed by atoms with van der Waals surface area (Å²) in [5, 5.41) is 12.4. The molecule has 2 aliphatic heterocycles. The number of benzene rings is 3. The first-order valence-electron chi connectivity index (χ1n) is 16.4. The quantitative estimate of drug-likeness (QED) is 0.189. The van der Waals surface area contributed by atoms with E-state index in [1.165, 1.54) is 12.1 Å². The Balaban J connectivity index is 1.15. The van der Waals surface area contributed by atoms with Gasteiger partial charge in [0.1, 0.15) is 11.6 Å². The van der Waals surface area contributed by atoms with Gasteiger partial charge in [0.05, 0.1) is 31.6 Å². The molecular weight excluding hydrogens is 616 g/mol. The average molecular weight is 658 g/mol. The van der Waals surface area contributed by atoms with E-state index in [4.69, 9.17) is 4.74 Å². The lowest BCUT2D eigenvalue weighted by atomic mass is 9.88. The number of piperidine rings is 1. The van der Waals surface area contributed by atoms with Gasteiger partial charge >= 0.3 is 5.97 Å². The summed E-state index contributed by atoms with van der Waals surface area (Å²) in [6.07, 6.45) is 4.60. The van der Waals surface area contributed by atoms with E-state index in [1.54, 1.807) is 12.4 Å². The SMILES string of the molecule is Cc1ccc(Cn2ccnc2NC(=O)[C@@H]2CN(CCOCc3ccccc3)C[C@H]2c2ccc(F)cc2F)c(N2CCC(C(=O)O)CC2)c1. The van der Waals surface area contributed by atoms with Crippen LogP contribution in [0.15, 0.2) is 79.1 Å². The fourth-order valence-corrected chi connectivity index (χ4v) is 6.83. The number of hydrogen-bond acceptors (Lipinski definition) is 6. The number of nitrogens with zero attached hydrogens (tertiary/aromatic N) is 4. The Morgan fingerprint density at radius 2 is 1.81 bits per heavy atom. The summed E-state index contributed by atoms with van der Waals surface area (Å²) < 4.78 is 36.6. The number of anilines is 2. The third-order valence-corrected chi connectivity index (χ3v) is 9.47. The third kappa shape index (κ3) is 7.91.